The van der Waals surface area contributed by atoms with Crippen LogP contribution in [0.3, 0.4) is 0 Å². The Balaban J connectivity index is 1.20. The van der Waals surface area contributed by atoms with Crippen molar-refractivity contribution < 1.29 is 80.5 Å². The van der Waals surface area contributed by atoms with Crippen LogP contribution >= 0.6 is 35.2 Å². The molecular weight excluding hydrogens is 869 g/mol. The van der Waals surface area contributed by atoms with Gasteiger partial charge < -0.3 is 56.6 Å². The van der Waals surface area contributed by atoms with E-state index < -0.39 is 90.6 Å². The van der Waals surface area contributed by atoms with Crippen molar-refractivity contribution in [3.05, 3.63) is 48.5 Å². The topological polar surface area (TPSA) is 390 Å². The number of nitrogens with one attached hydrogen (secondary N) is 2. The van der Waals surface area contributed by atoms with Gasteiger partial charge in [-0.05, 0) is 5.56 Å². The molecule has 4 rings (SSSR count). The van der Waals surface area contributed by atoms with Crippen molar-refractivity contribution in [3.63, 3.8) is 0 Å². The number of aliphatic hydroxyl groups is 2. The van der Waals surface area contributed by atoms with Gasteiger partial charge in [-0.15, -0.1) is 0 Å². The minimum absolute atomic E-state index is 0.0271. The average molecular weight is 915 g/mol. The average Bonchev–Trinajstić information content (AvgIpc) is 3.71. The third-order valence-electron chi connectivity index (χ3n) is 8.38. The second-order valence-electron chi connectivity index (χ2n) is 13.5. The van der Waals surface area contributed by atoms with Gasteiger partial charge in [0, 0.05) is 43.1 Å². The van der Waals surface area contributed by atoms with Gasteiger partial charge in [0.25, 0.3) is 0 Å². The van der Waals surface area contributed by atoms with E-state index in [9.17, 15) is 57.9 Å². The summed E-state index contributed by atoms with van der Waals surface area (Å²) in [6, 6.07) is 8.67. The minimum Gasteiger partial charge on any atom is -0.386 e. The van der Waals surface area contributed by atoms with Crippen molar-refractivity contribution in [1.82, 2.24) is 30.2 Å². The molecule has 0 aliphatic carbocycles. The third kappa shape index (κ3) is 14.4. The Kier molecular flexibility index (Phi) is 16.8. The van der Waals surface area contributed by atoms with E-state index in [2.05, 4.69) is 34.4 Å². The van der Waals surface area contributed by atoms with Crippen LogP contribution in [0.1, 0.15) is 44.5 Å². The first-order chi connectivity index (χ1) is 27.5. The number of nitrogens with two attached hydrogens (primary N) is 2. The number of ether oxygens (including phenoxy) is 1. The molecule has 1 aromatic carbocycles. The molecule has 29 heteroatoms. The molecule has 1 aliphatic heterocycles. The van der Waals surface area contributed by atoms with E-state index in [1.54, 1.807) is 0 Å². The summed E-state index contributed by atoms with van der Waals surface area (Å²) in [5, 5.41) is 26.3. The fourth-order valence-corrected chi connectivity index (χ4v) is 8.91. The summed E-state index contributed by atoms with van der Waals surface area (Å²) in [5.41, 5.74) is 11.1. The van der Waals surface area contributed by atoms with Gasteiger partial charge in [0.2, 0.25) is 11.8 Å². The van der Waals surface area contributed by atoms with Crippen molar-refractivity contribution >= 4 is 69.1 Å². The number of hydrogen-bond donors (Lipinski definition) is 10. The van der Waals surface area contributed by atoms with Gasteiger partial charge >= 0.3 is 23.5 Å². The number of benzene rings is 1. The molecule has 328 valence electrons. The first-order valence-electron chi connectivity index (χ1n) is 17.3. The Morgan fingerprint density at radius 3 is 2.37 bits per heavy atom. The van der Waals surface area contributed by atoms with Crippen LogP contribution in [0.4, 0.5) is 5.82 Å². The number of phosphoric ester groups is 3. The number of rotatable bonds is 22. The number of carbonyl (C=O) groups excluding carboxylic acids is 3. The number of imidazole rings is 1. The van der Waals surface area contributed by atoms with Gasteiger partial charge in [-0.2, -0.15) is 4.31 Å². The van der Waals surface area contributed by atoms with Gasteiger partial charge in [0.05, 0.1) is 19.5 Å². The fraction of sp³-hybridized carbons (Fsp3) is 0.533. The fourth-order valence-electron chi connectivity index (χ4n) is 5.35. The first-order valence-corrected chi connectivity index (χ1v) is 22.8. The number of phosphoric acid groups is 3. The molecule has 1 aliphatic rings. The predicted molar refractivity (Wildman–Crippen MR) is 205 cm³/mol. The van der Waals surface area contributed by atoms with E-state index in [0.717, 1.165) is 34.5 Å². The molecule has 1 fully saturated rings. The maximum absolute atomic E-state index is 12.7. The van der Waals surface area contributed by atoms with E-state index in [1.165, 1.54) is 13.8 Å². The van der Waals surface area contributed by atoms with Crippen LogP contribution in [0.25, 0.3) is 11.2 Å². The van der Waals surface area contributed by atoms with Crippen LogP contribution in [-0.2, 0) is 50.7 Å². The Morgan fingerprint density at radius 2 is 1.69 bits per heavy atom. The van der Waals surface area contributed by atoms with Crippen molar-refractivity contribution in [2.45, 2.75) is 63.4 Å². The highest BCUT2D eigenvalue weighted by atomic mass is 32.2. The van der Waals surface area contributed by atoms with Gasteiger partial charge in [0.1, 0.15) is 36.3 Å². The van der Waals surface area contributed by atoms with Gasteiger partial charge in [-0.25, -0.2) is 28.6 Å². The van der Waals surface area contributed by atoms with E-state index in [4.69, 9.17) is 25.3 Å². The van der Waals surface area contributed by atoms with Crippen molar-refractivity contribution in [1.29, 1.82) is 0 Å². The molecule has 0 saturated carbocycles. The van der Waals surface area contributed by atoms with Crippen LogP contribution in [0.5, 0.6) is 0 Å². The number of thioether (sulfide) groups is 1. The van der Waals surface area contributed by atoms with Crippen molar-refractivity contribution in [2.24, 2.45) is 11.1 Å². The van der Waals surface area contributed by atoms with Crippen LogP contribution < -0.4 is 22.1 Å². The highest BCUT2D eigenvalue weighted by Crippen LogP contribution is 2.61. The van der Waals surface area contributed by atoms with E-state index in [1.807, 2.05) is 30.3 Å². The molecule has 2 aromatic heterocycles. The number of nitrogens with zero attached hydrogens (tertiary/aromatic N) is 4. The summed E-state index contributed by atoms with van der Waals surface area (Å²) in [6.45, 7) is 0.400. The first kappa shape index (κ1) is 48.4. The van der Waals surface area contributed by atoms with Crippen molar-refractivity contribution in [2.75, 3.05) is 37.8 Å². The second-order valence-corrected chi connectivity index (χ2v) is 18.9. The minimum atomic E-state index is -5.58. The molecule has 0 spiro atoms. The Labute approximate surface area is 340 Å². The van der Waals surface area contributed by atoms with Crippen LogP contribution in [0.15, 0.2) is 43.0 Å². The summed E-state index contributed by atoms with van der Waals surface area (Å²) in [4.78, 5) is 88.0. The van der Waals surface area contributed by atoms with Crippen molar-refractivity contribution in [3.8, 4) is 0 Å². The van der Waals surface area contributed by atoms with Gasteiger partial charge in [0.15, 0.2) is 22.8 Å². The lowest BCUT2D eigenvalue weighted by Crippen LogP contribution is -2.46. The maximum Gasteiger partial charge on any atom is 0.481 e. The summed E-state index contributed by atoms with van der Waals surface area (Å²) >= 11 is 1.01. The monoisotopic (exact) mass is 914 g/mol. The maximum atomic E-state index is 12.7. The number of hydrogen-bond acceptors (Lipinski definition) is 19. The second kappa shape index (κ2) is 20.5. The van der Waals surface area contributed by atoms with Gasteiger partial charge in [-0.1, -0.05) is 55.9 Å². The molecule has 1 saturated heterocycles. The lowest BCUT2D eigenvalue weighted by Gasteiger charge is -2.30. The lowest BCUT2D eigenvalue weighted by molar-refractivity contribution is -0.137. The largest absolute Gasteiger partial charge is 0.481 e. The van der Waals surface area contributed by atoms with Crippen LogP contribution in [0, 0.1) is 5.41 Å². The smallest absolute Gasteiger partial charge is 0.386 e. The van der Waals surface area contributed by atoms with Crippen LogP contribution in [-0.4, -0.2) is 123 Å². The number of amides is 2. The zero-order chi connectivity index (χ0) is 43.8. The zero-order valence-corrected chi connectivity index (χ0v) is 34.8. The summed E-state index contributed by atoms with van der Waals surface area (Å²) in [5.74, 6) is -1.21. The Hall–Kier alpha value is -3.26. The van der Waals surface area contributed by atoms with Crippen LogP contribution in [0.2, 0.25) is 0 Å². The highest BCUT2D eigenvalue weighted by molar-refractivity contribution is 8.13. The number of carbonyl (C=O) groups is 3. The quantitative estimate of drug-likeness (QED) is 0.0459. The Bertz CT molecular complexity index is 2080. The normalized spacial score (nSPS) is 21.6. The highest BCUT2D eigenvalue weighted by Gasteiger charge is 2.50. The predicted octanol–water partition coefficient (Wildman–Crippen LogP) is -0.245. The summed E-state index contributed by atoms with van der Waals surface area (Å²) in [6.07, 6.45) is -6.86. The number of fused-ring (bicyclic) bond motifs is 1. The lowest BCUT2D eigenvalue weighted by atomic mass is 9.87. The summed E-state index contributed by atoms with van der Waals surface area (Å²) in [7, 11) is -16.4. The van der Waals surface area contributed by atoms with E-state index in [0.29, 0.717) is 0 Å². The molecule has 2 amide bonds. The number of aromatic nitrogens is 4. The molecule has 12 N–H and O–H groups in total. The molecule has 3 aromatic rings. The Morgan fingerprint density at radius 1 is 1.02 bits per heavy atom. The molecule has 0 radical (unpaired) electrons. The SMILES string of the molecule is CC(C)(COP(=O)(O)OP(=O)(O)OC[C@H]1O[C@@H](n2cnc3c(N)ncnc32)[C@H](O)[C@@H]1OP(=O)(O)O)C(O)C(=O)NCCC(=O)NCCSC(=O)CC(N)c1ccccc1. The molecule has 25 nitrogen and oxygen atoms in total. The molecule has 4 unspecified atom stereocenters. The van der Waals surface area contributed by atoms with E-state index >= 15 is 0 Å². The molecule has 0 bridgehead atoms. The van der Waals surface area contributed by atoms with Gasteiger partial charge in [-0.3, -0.25) is 32.5 Å². The number of nitrogen functional groups attached to an aromatic ring is 1. The molecular formula is C30H45N8O17P3S. The summed E-state index contributed by atoms with van der Waals surface area (Å²) < 4.78 is 62.2. The zero-order valence-electron chi connectivity index (χ0n) is 31.3. The molecule has 59 heavy (non-hydrogen) atoms. The third-order valence-corrected chi connectivity index (χ3v) is 12.4. The number of anilines is 1. The number of aliphatic hydroxyl groups excluding tert-OH is 2. The standard InChI is InChI=1S/C30H45N8O17P3S/c1-30(2,25(42)28(43)34-9-8-20(39)33-10-11-59-21(40)12-18(31)17-6-4-3-5-7-17)14-52-58(49,50)55-57(47,48)51-13-19-24(54-56(44,45)46)23(41)29(53-19)38-16-37-22-26(32)35-15-36-27(22)38/h3-7,15-16,18-19,23-25,29,41-42H,8-14,31H2,1-2H3,(H,33,39)(H,34,43)(H,47,48)(H,49,50)(H2,32,35,36)(H2,44,45,46)/t18?,19-,23-,24-,25?,29-/m1/s1. The van der Waals surface area contributed by atoms with E-state index in [-0.39, 0.29) is 53.8 Å². The molecule has 8 atom stereocenters. The molecule has 3 heterocycles.